The summed E-state index contributed by atoms with van der Waals surface area (Å²) < 4.78 is 5.58. The van der Waals surface area contributed by atoms with Gasteiger partial charge in [0.15, 0.2) is 5.96 Å². The van der Waals surface area contributed by atoms with Crippen molar-refractivity contribution in [1.29, 1.82) is 0 Å². The zero-order chi connectivity index (χ0) is 19.8. The van der Waals surface area contributed by atoms with Crippen LogP contribution in [0.15, 0.2) is 29.3 Å². The minimum atomic E-state index is 0. The molecule has 0 radical (unpaired) electrons. The van der Waals surface area contributed by atoms with E-state index in [9.17, 15) is 0 Å². The van der Waals surface area contributed by atoms with Gasteiger partial charge in [0.05, 0.1) is 25.8 Å². The molecule has 3 unspecified atom stereocenters. The van der Waals surface area contributed by atoms with E-state index in [4.69, 9.17) is 9.73 Å². The lowest BCUT2D eigenvalue weighted by Gasteiger charge is -2.34. The van der Waals surface area contributed by atoms with Crippen molar-refractivity contribution in [3.8, 4) is 0 Å². The summed E-state index contributed by atoms with van der Waals surface area (Å²) in [7, 11) is 0. The fourth-order valence-corrected chi connectivity index (χ4v) is 4.97. The summed E-state index contributed by atoms with van der Waals surface area (Å²) >= 11 is 1.99. The molecule has 2 N–H and O–H groups in total. The zero-order valence-electron chi connectivity index (χ0n) is 18.0. The molecule has 2 aliphatic rings. The van der Waals surface area contributed by atoms with Gasteiger partial charge in [-0.1, -0.05) is 29.8 Å². The summed E-state index contributed by atoms with van der Waals surface area (Å²) in [5.74, 6) is 0.958. The van der Waals surface area contributed by atoms with E-state index in [1.165, 1.54) is 30.4 Å². The number of halogens is 1. The molecule has 5 nitrogen and oxygen atoms in total. The Balaban J connectivity index is 0.00000300. The van der Waals surface area contributed by atoms with Crippen molar-refractivity contribution in [2.45, 2.75) is 50.4 Å². The smallest absolute Gasteiger partial charge is 0.191 e. The fraction of sp³-hybridized carbons (Fsp3) is 0.682. The number of hydrogen-bond acceptors (Lipinski definition) is 4. The van der Waals surface area contributed by atoms with Crippen molar-refractivity contribution in [3.63, 3.8) is 0 Å². The fourth-order valence-electron chi connectivity index (χ4n) is 4.17. The monoisotopic (exact) mass is 532 g/mol. The average molecular weight is 533 g/mol. The summed E-state index contributed by atoms with van der Waals surface area (Å²) in [6.07, 6.45) is 6.00. The van der Waals surface area contributed by atoms with Gasteiger partial charge in [-0.15, -0.1) is 24.0 Å². The van der Waals surface area contributed by atoms with E-state index in [2.05, 4.69) is 59.9 Å². The molecule has 7 heteroatoms. The molecule has 1 saturated heterocycles. The number of nitrogens with one attached hydrogen (secondary N) is 2. The normalized spacial score (nSPS) is 24.0. The minimum absolute atomic E-state index is 0. The Morgan fingerprint density at radius 3 is 2.76 bits per heavy atom. The highest BCUT2D eigenvalue weighted by Crippen LogP contribution is 2.28. The second-order valence-electron chi connectivity index (χ2n) is 7.81. The molecular formula is C22H37IN4OS. The largest absolute Gasteiger partial charge is 0.379 e. The predicted octanol–water partition coefficient (Wildman–Crippen LogP) is 3.83. The highest BCUT2D eigenvalue weighted by Gasteiger charge is 2.25. The van der Waals surface area contributed by atoms with Crippen LogP contribution < -0.4 is 10.6 Å². The lowest BCUT2D eigenvalue weighted by atomic mass is 10.0. The predicted molar refractivity (Wildman–Crippen MR) is 136 cm³/mol. The molecule has 1 aliphatic heterocycles. The maximum absolute atomic E-state index is 5.58. The van der Waals surface area contributed by atoms with E-state index in [-0.39, 0.29) is 24.0 Å². The number of guanidine groups is 1. The van der Waals surface area contributed by atoms with Gasteiger partial charge < -0.3 is 15.4 Å². The number of aryl methyl sites for hydroxylation is 1. The molecule has 0 bridgehead atoms. The number of hydrogen-bond donors (Lipinski definition) is 2. The quantitative estimate of drug-likeness (QED) is 0.318. The van der Waals surface area contributed by atoms with Crippen LogP contribution in [0.25, 0.3) is 0 Å². The molecule has 0 aromatic heterocycles. The van der Waals surface area contributed by atoms with Gasteiger partial charge >= 0.3 is 0 Å². The molecular weight excluding hydrogens is 495 g/mol. The summed E-state index contributed by atoms with van der Waals surface area (Å²) in [5, 5.41) is 7.92. The maximum Gasteiger partial charge on any atom is 0.191 e. The Morgan fingerprint density at radius 1 is 1.31 bits per heavy atom. The number of benzene rings is 1. The van der Waals surface area contributed by atoms with Crippen LogP contribution in [-0.2, 0) is 4.74 Å². The topological polar surface area (TPSA) is 48.9 Å². The van der Waals surface area contributed by atoms with Gasteiger partial charge in [0, 0.05) is 30.9 Å². The summed E-state index contributed by atoms with van der Waals surface area (Å²) in [6.45, 7) is 9.50. The maximum atomic E-state index is 5.58. The van der Waals surface area contributed by atoms with Gasteiger partial charge in [-0.3, -0.25) is 9.89 Å². The van der Waals surface area contributed by atoms with E-state index in [1.807, 2.05) is 11.8 Å². The number of rotatable bonds is 7. The Hall–Kier alpha value is -0.510. The summed E-state index contributed by atoms with van der Waals surface area (Å²) in [5.41, 5.74) is 2.66. The van der Waals surface area contributed by atoms with Crippen molar-refractivity contribution >= 4 is 41.7 Å². The highest BCUT2D eigenvalue weighted by molar-refractivity contribution is 14.0. The van der Waals surface area contributed by atoms with Crippen LogP contribution in [0, 0.1) is 6.92 Å². The van der Waals surface area contributed by atoms with Crippen molar-refractivity contribution in [2.24, 2.45) is 4.99 Å². The first-order valence-electron chi connectivity index (χ1n) is 10.7. The van der Waals surface area contributed by atoms with Gasteiger partial charge in [-0.05, 0) is 44.9 Å². The number of nitrogens with zero attached hydrogens (tertiary/aromatic N) is 2. The molecule has 164 valence electrons. The third kappa shape index (κ3) is 7.60. The summed E-state index contributed by atoms with van der Waals surface area (Å²) in [4.78, 5) is 7.53. The van der Waals surface area contributed by atoms with Crippen LogP contribution in [0.1, 0.15) is 43.4 Å². The first kappa shape index (κ1) is 24.8. The molecule has 3 atom stereocenters. The zero-order valence-corrected chi connectivity index (χ0v) is 21.2. The van der Waals surface area contributed by atoms with Gasteiger partial charge in [-0.2, -0.15) is 11.8 Å². The van der Waals surface area contributed by atoms with Gasteiger partial charge in [0.2, 0.25) is 0 Å². The van der Waals surface area contributed by atoms with E-state index >= 15 is 0 Å². The lowest BCUT2D eigenvalue weighted by molar-refractivity contribution is 0.0179. The second-order valence-corrected chi connectivity index (χ2v) is 8.95. The molecule has 29 heavy (non-hydrogen) atoms. The molecule has 2 fully saturated rings. The van der Waals surface area contributed by atoms with E-state index in [0.717, 1.165) is 50.6 Å². The van der Waals surface area contributed by atoms with Crippen molar-refractivity contribution in [1.82, 2.24) is 15.5 Å². The van der Waals surface area contributed by atoms with Gasteiger partial charge in [0.25, 0.3) is 0 Å². The molecule has 1 aromatic carbocycles. The molecule has 1 saturated carbocycles. The number of thioether (sulfide) groups is 1. The molecule has 0 spiro atoms. The van der Waals surface area contributed by atoms with E-state index < -0.39 is 0 Å². The van der Waals surface area contributed by atoms with Crippen LogP contribution in [0.4, 0.5) is 0 Å². The first-order valence-corrected chi connectivity index (χ1v) is 11.9. The van der Waals surface area contributed by atoms with Crippen LogP contribution in [-0.4, -0.2) is 67.8 Å². The Kier molecular flexibility index (Phi) is 11.1. The third-order valence-corrected chi connectivity index (χ3v) is 6.83. The first-order chi connectivity index (χ1) is 13.7. The Labute approximate surface area is 197 Å². The van der Waals surface area contributed by atoms with Crippen LogP contribution in [0.3, 0.4) is 0 Å². The van der Waals surface area contributed by atoms with Crippen molar-refractivity contribution in [3.05, 3.63) is 35.4 Å². The molecule has 1 aliphatic carbocycles. The SMILES string of the molecule is CCNC(=NCC(c1cccc(C)c1)N1CCOCC1)NC1CCC(SC)C1.I. The number of ether oxygens (including phenoxy) is 1. The van der Waals surface area contributed by atoms with E-state index in [0.29, 0.717) is 12.1 Å². The second kappa shape index (κ2) is 13.0. The number of aliphatic imine (C=N–C) groups is 1. The van der Waals surface area contributed by atoms with Crippen molar-refractivity contribution in [2.75, 3.05) is 45.6 Å². The van der Waals surface area contributed by atoms with E-state index in [1.54, 1.807) is 0 Å². The van der Waals surface area contributed by atoms with Crippen LogP contribution in [0.2, 0.25) is 0 Å². The average Bonchev–Trinajstić information content (AvgIpc) is 3.17. The molecule has 1 aromatic rings. The highest BCUT2D eigenvalue weighted by atomic mass is 127. The Morgan fingerprint density at radius 2 is 2.10 bits per heavy atom. The van der Waals surface area contributed by atoms with Gasteiger partial charge in [0.1, 0.15) is 0 Å². The van der Waals surface area contributed by atoms with Gasteiger partial charge in [-0.25, -0.2) is 0 Å². The minimum Gasteiger partial charge on any atom is -0.379 e. The van der Waals surface area contributed by atoms with Crippen LogP contribution >= 0.6 is 35.7 Å². The van der Waals surface area contributed by atoms with Crippen LogP contribution in [0.5, 0.6) is 0 Å². The standard InChI is InChI=1S/C22H36N4OS.HI/c1-4-23-22(25-19-8-9-20(15-19)28-3)24-16-21(26-10-12-27-13-11-26)18-7-5-6-17(2)14-18;/h5-7,14,19-21H,4,8-13,15-16H2,1-3H3,(H2,23,24,25);1H. The number of morpholine rings is 1. The molecule has 1 heterocycles. The third-order valence-electron chi connectivity index (χ3n) is 5.74. The molecule has 3 rings (SSSR count). The molecule has 0 amide bonds. The Bertz CT molecular complexity index is 639. The summed E-state index contributed by atoms with van der Waals surface area (Å²) in [6, 6.07) is 9.69. The van der Waals surface area contributed by atoms with Crippen molar-refractivity contribution < 1.29 is 4.74 Å². The lowest BCUT2D eigenvalue weighted by Crippen LogP contribution is -2.44.